The third-order valence-corrected chi connectivity index (χ3v) is 5.97. The van der Waals surface area contributed by atoms with Crippen molar-refractivity contribution in [2.24, 2.45) is 0 Å². The summed E-state index contributed by atoms with van der Waals surface area (Å²) in [5, 5.41) is 4.48. The van der Waals surface area contributed by atoms with E-state index in [1.807, 2.05) is 37.3 Å². The lowest BCUT2D eigenvalue weighted by atomic mass is 10.1. The number of carbonyl (C=O) groups is 1. The normalized spacial score (nSPS) is 21.6. The highest BCUT2D eigenvalue weighted by Crippen LogP contribution is 2.23. The van der Waals surface area contributed by atoms with Crippen LogP contribution in [0.1, 0.15) is 48.9 Å². The van der Waals surface area contributed by atoms with E-state index in [4.69, 9.17) is 0 Å². The Morgan fingerprint density at radius 1 is 1.38 bits per heavy atom. The predicted octanol–water partition coefficient (Wildman–Crippen LogP) is 1.89. The molecule has 0 radical (unpaired) electrons. The maximum atomic E-state index is 12.8. The van der Waals surface area contributed by atoms with Crippen LogP contribution in [0, 0.1) is 13.8 Å². The molecule has 21 heavy (non-hydrogen) atoms. The van der Waals surface area contributed by atoms with Gasteiger partial charge in [-0.15, -0.1) is 0 Å². The molecule has 1 aliphatic heterocycles. The second-order valence-corrected chi connectivity index (χ2v) is 8.51. The Hall–Kier alpha value is -1.17. The Morgan fingerprint density at radius 3 is 2.62 bits per heavy atom. The van der Waals surface area contributed by atoms with Crippen LogP contribution in [0.4, 0.5) is 0 Å². The summed E-state index contributed by atoms with van der Waals surface area (Å²) in [6, 6.07) is 0. The molecule has 6 heteroatoms. The maximum absolute atomic E-state index is 12.8. The van der Waals surface area contributed by atoms with Gasteiger partial charge in [-0.3, -0.25) is 13.7 Å². The van der Waals surface area contributed by atoms with E-state index in [0.717, 1.165) is 24.4 Å². The number of amides is 1. The van der Waals surface area contributed by atoms with Crippen molar-refractivity contribution in [3.05, 3.63) is 17.0 Å². The van der Waals surface area contributed by atoms with E-state index in [2.05, 4.69) is 12.0 Å². The monoisotopic (exact) mass is 311 g/mol. The molecule has 0 spiro atoms. The Labute approximate surface area is 129 Å². The lowest BCUT2D eigenvalue weighted by Gasteiger charge is -2.37. The van der Waals surface area contributed by atoms with Crippen LogP contribution in [0.15, 0.2) is 0 Å². The van der Waals surface area contributed by atoms with E-state index < -0.39 is 10.8 Å². The second-order valence-electron chi connectivity index (χ2n) is 6.31. The van der Waals surface area contributed by atoms with E-state index in [0.29, 0.717) is 24.4 Å². The smallest absolute Gasteiger partial charge is 0.257 e. The summed E-state index contributed by atoms with van der Waals surface area (Å²) in [7, 11) is -0.867. The van der Waals surface area contributed by atoms with Crippen molar-refractivity contribution in [3.63, 3.8) is 0 Å². The van der Waals surface area contributed by atoms with E-state index in [-0.39, 0.29) is 10.7 Å². The molecular formula is C15H25N3O2S. The minimum Gasteiger partial charge on any atom is -0.336 e. The van der Waals surface area contributed by atoms with Crippen LogP contribution in [0.5, 0.6) is 0 Å². The van der Waals surface area contributed by atoms with Crippen molar-refractivity contribution in [2.75, 3.05) is 18.8 Å². The Bertz CT molecular complexity index is 578. The van der Waals surface area contributed by atoms with Gasteiger partial charge in [-0.05, 0) is 34.1 Å². The van der Waals surface area contributed by atoms with Crippen molar-refractivity contribution in [2.45, 2.75) is 52.3 Å². The largest absolute Gasteiger partial charge is 0.336 e. The van der Waals surface area contributed by atoms with E-state index in [1.54, 1.807) is 0 Å². The van der Waals surface area contributed by atoms with Gasteiger partial charge in [0, 0.05) is 41.9 Å². The quantitative estimate of drug-likeness (QED) is 0.856. The summed E-state index contributed by atoms with van der Waals surface area (Å²) in [6.45, 7) is 11.8. The van der Waals surface area contributed by atoms with Gasteiger partial charge in [-0.1, -0.05) is 6.92 Å². The van der Waals surface area contributed by atoms with Crippen molar-refractivity contribution >= 4 is 16.7 Å². The fourth-order valence-corrected chi connectivity index (χ4v) is 4.09. The molecule has 0 saturated carbocycles. The maximum Gasteiger partial charge on any atom is 0.257 e. The van der Waals surface area contributed by atoms with Gasteiger partial charge >= 0.3 is 0 Å². The van der Waals surface area contributed by atoms with Crippen molar-refractivity contribution < 1.29 is 9.00 Å². The van der Waals surface area contributed by atoms with Crippen LogP contribution in [-0.4, -0.2) is 48.4 Å². The lowest BCUT2D eigenvalue weighted by Crippen LogP contribution is -2.52. The molecule has 1 saturated heterocycles. The van der Waals surface area contributed by atoms with Gasteiger partial charge in [0.2, 0.25) is 0 Å². The third-order valence-electron chi connectivity index (χ3n) is 4.05. The van der Waals surface area contributed by atoms with Gasteiger partial charge in [0.15, 0.2) is 0 Å². The summed E-state index contributed by atoms with van der Waals surface area (Å²) < 4.78 is 13.6. The van der Waals surface area contributed by atoms with Gasteiger partial charge in [-0.25, -0.2) is 0 Å². The fraction of sp³-hybridized carbons (Fsp3) is 0.733. The molecule has 118 valence electrons. The zero-order valence-corrected chi connectivity index (χ0v) is 14.4. The molecule has 1 aromatic heterocycles. The summed E-state index contributed by atoms with van der Waals surface area (Å²) in [5.74, 6) is 0.581. The fourth-order valence-electron chi connectivity index (χ4n) is 2.85. The van der Waals surface area contributed by atoms with Crippen LogP contribution < -0.4 is 0 Å². The Morgan fingerprint density at radius 2 is 2.05 bits per heavy atom. The zero-order chi connectivity index (χ0) is 15.8. The van der Waals surface area contributed by atoms with Crippen LogP contribution in [0.25, 0.3) is 0 Å². The third kappa shape index (κ3) is 3.05. The number of carbonyl (C=O) groups excluding carboxylic acids is 1. The topological polar surface area (TPSA) is 55.2 Å². The SMILES string of the molecule is CCCn1nc(C)c(C(=O)N2CC[S@](=O)C(C)(C)C2)c1C. The summed E-state index contributed by atoms with van der Waals surface area (Å²) >= 11 is 0. The molecule has 0 aliphatic carbocycles. The number of hydrogen-bond acceptors (Lipinski definition) is 3. The molecule has 1 aromatic rings. The number of nitrogens with zero attached hydrogens (tertiary/aromatic N) is 3. The number of hydrogen-bond donors (Lipinski definition) is 0. The first-order valence-electron chi connectivity index (χ1n) is 7.49. The number of aryl methyl sites for hydroxylation is 2. The molecule has 1 fully saturated rings. The lowest BCUT2D eigenvalue weighted by molar-refractivity contribution is 0.0744. The molecule has 0 aromatic carbocycles. The Balaban J connectivity index is 2.27. The summed E-state index contributed by atoms with van der Waals surface area (Å²) in [4.78, 5) is 14.7. The van der Waals surface area contributed by atoms with Gasteiger partial charge in [0.1, 0.15) is 0 Å². The van der Waals surface area contributed by atoms with E-state index in [9.17, 15) is 9.00 Å². The molecule has 5 nitrogen and oxygen atoms in total. The van der Waals surface area contributed by atoms with E-state index >= 15 is 0 Å². The standard InChI is InChI=1S/C15H25N3O2S/c1-6-7-18-12(3)13(11(2)16-18)14(19)17-8-9-21(20)15(4,5)10-17/h6-10H2,1-5H3/t21-/m0/s1. The average Bonchev–Trinajstić information content (AvgIpc) is 2.67. The molecule has 2 heterocycles. The van der Waals surface area contributed by atoms with Gasteiger partial charge in [0.05, 0.1) is 16.0 Å². The van der Waals surface area contributed by atoms with Gasteiger partial charge < -0.3 is 4.90 Å². The second kappa shape index (κ2) is 5.91. The van der Waals surface area contributed by atoms with Crippen molar-refractivity contribution in [1.29, 1.82) is 0 Å². The summed E-state index contributed by atoms with van der Waals surface area (Å²) in [6.07, 6.45) is 0.991. The Kier molecular flexibility index (Phi) is 4.56. The minimum absolute atomic E-state index is 0.0251. The van der Waals surface area contributed by atoms with Crippen LogP contribution >= 0.6 is 0 Å². The molecule has 0 bridgehead atoms. The molecular weight excluding hydrogens is 286 g/mol. The van der Waals surface area contributed by atoms with Crippen LogP contribution in [0.2, 0.25) is 0 Å². The molecule has 0 N–H and O–H groups in total. The van der Waals surface area contributed by atoms with Crippen molar-refractivity contribution in [1.82, 2.24) is 14.7 Å². The predicted molar refractivity (Wildman–Crippen MR) is 85.0 cm³/mol. The highest BCUT2D eigenvalue weighted by atomic mass is 32.2. The van der Waals surface area contributed by atoms with E-state index in [1.165, 1.54) is 0 Å². The molecule has 1 aliphatic rings. The molecule has 1 amide bonds. The minimum atomic E-state index is -0.867. The zero-order valence-electron chi connectivity index (χ0n) is 13.6. The molecule has 1 atom stereocenters. The van der Waals surface area contributed by atoms with Gasteiger partial charge in [-0.2, -0.15) is 5.10 Å². The first-order valence-corrected chi connectivity index (χ1v) is 8.81. The highest BCUT2D eigenvalue weighted by molar-refractivity contribution is 7.86. The number of rotatable bonds is 3. The average molecular weight is 311 g/mol. The summed E-state index contributed by atoms with van der Waals surface area (Å²) in [5.41, 5.74) is 2.44. The van der Waals surface area contributed by atoms with Crippen LogP contribution in [0.3, 0.4) is 0 Å². The van der Waals surface area contributed by atoms with Crippen molar-refractivity contribution in [3.8, 4) is 0 Å². The molecule has 0 unspecified atom stereocenters. The number of aromatic nitrogens is 2. The first kappa shape index (κ1) is 16.2. The van der Waals surface area contributed by atoms with Crippen LogP contribution in [-0.2, 0) is 17.3 Å². The highest BCUT2D eigenvalue weighted by Gasteiger charge is 2.36. The molecule has 2 rings (SSSR count). The first-order chi connectivity index (χ1) is 9.77. The van der Waals surface area contributed by atoms with Gasteiger partial charge in [0.25, 0.3) is 5.91 Å².